The Morgan fingerprint density at radius 3 is 2.97 bits per heavy atom. The molecule has 3 aliphatic rings. The molecule has 0 unspecified atom stereocenters. The number of aromatic nitrogens is 2. The van der Waals surface area contributed by atoms with E-state index in [1.54, 1.807) is 30.2 Å². The van der Waals surface area contributed by atoms with Gasteiger partial charge >= 0.3 is 6.09 Å². The van der Waals surface area contributed by atoms with Gasteiger partial charge in [-0.05, 0) is 49.2 Å². The van der Waals surface area contributed by atoms with Gasteiger partial charge in [-0.3, -0.25) is 14.7 Å². The minimum Gasteiger partial charge on any atom is -0.482 e. The molecule has 2 amide bonds. The summed E-state index contributed by atoms with van der Waals surface area (Å²) >= 11 is 0. The second-order valence-corrected chi connectivity index (χ2v) is 9.44. The van der Waals surface area contributed by atoms with Crippen molar-refractivity contribution >= 4 is 40.1 Å². The van der Waals surface area contributed by atoms with Crippen molar-refractivity contribution in [2.75, 3.05) is 61.6 Å². The number of pyridine rings is 2. The number of amides is 2. The Labute approximate surface area is 213 Å². The number of fused-ring (bicyclic) bond motifs is 2. The van der Waals surface area contributed by atoms with Crippen LogP contribution in [0.1, 0.15) is 6.42 Å². The van der Waals surface area contributed by atoms with E-state index in [9.17, 15) is 9.59 Å². The highest BCUT2D eigenvalue weighted by Gasteiger charge is 2.33. The lowest BCUT2D eigenvalue weighted by molar-refractivity contribution is -0.118. The maximum atomic E-state index is 12.5. The first-order valence-corrected chi connectivity index (χ1v) is 12.4. The molecule has 0 bridgehead atoms. The number of hydrogen-bond acceptors (Lipinski definition) is 9. The fraction of sp³-hybridized carbons (Fsp3) is 0.385. The molecule has 2 atom stereocenters. The summed E-state index contributed by atoms with van der Waals surface area (Å²) in [5.41, 5.74) is 3.99. The Hall–Kier alpha value is -4.12. The Bertz CT molecular complexity index is 1350. The highest BCUT2D eigenvalue weighted by molar-refractivity contribution is 5.97. The molecule has 11 nitrogen and oxygen atoms in total. The van der Waals surface area contributed by atoms with Crippen LogP contribution >= 0.6 is 0 Å². The predicted octanol–water partition coefficient (Wildman–Crippen LogP) is 2.41. The maximum absolute atomic E-state index is 12.5. The molecular formula is C26H28N6O5. The number of cyclic esters (lactones) is 1. The van der Waals surface area contributed by atoms with Crippen molar-refractivity contribution in [3.63, 3.8) is 0 Å². The van der Waals surface area contributed by atoms with Crippen LogP contribution in [0.15, 0.2) is 42.6 Å². The summed E-state index contributed by atoms with van der Waals surface area (Å²) in [7, 11) is 1.61. The van der Waals surface area contributed by atoms with Crippen LogP contribution < -0.4 is 29.9 Å². The fourth-order valence-electron chi connectivity index (χ4n) is 5.11. The summed E-state index contributed by atoms with van der Waals surface area (Å²) in [6.07, 6.45) is 2.23. The summed E-state index contributed by atoms with van der Waals surface area (Å²) in [5, 5.41) is 6.26. The van der Waals surface area contributed by atoms with Crippen molar-refractivity contribution in [3.05, 3.63) is 42.6 Å². The summed E-state index contributed by atoms with van der Waals surface area (Å²) in [4.78, 5) is 37.1. The van der Waals surface area contributed by atoms with Crippen LogP contribution in [-0.2, 0) is 9.53 Å². The van der Waals surface area contributed by atoms with Crippen LogP contribution in [0.2, 0.25) is 0 Å². The summed E-state index contributed by atoms with van der Waals surface area (Å²) in [6.45, 7) is 3.68. The number of hydrogen-bond donors (Lipinski definition) is 2. The lowest BCUT2D eigenvalue weighted by Gasteiger charge is -2.21. The SMILES string of the molecule is COc1ccc2nccc(N3CC[C@H](CNC[C@@H]4CN(c5ccc6c(c5)NC(=O)CO6)C(=O)O4)C3)c2n1. The van der Waals surface area contributed by atoms with Gasteiger partial charge in [-0.15, -0.1) is 0 Å². The number of carbonyl (C=O) groups excluding carboxylic acids is 2. The van der Waals surface area contributed by atoms with Crippen LogP contribution in [0.5, 0.6) is 11.6 Å². The molecule has 2 fully saturated rings. The minimum atomic E-state index is -0.394. The fourth-order valence-corrected chi connectivity index (χ4v) is 5.11. The van der Waals surface area contributed by atoms with E-state index >= 15 is 0 Å². The van der Waals surface area contributed by atoms with Crippen LogP contribution in [0.25, 0.3) is 11.0 Å². The van der Waals surface area contributed by atoms with Gasteiger partial charge in [0, 0.05) is 37.6 Å². The maximum Gasteiger partial charge on any atom is 0.414 e. The third-order valence-electron chi connectivity index (χ3n) is 6.96. The Balaban J connectivity index is 1.03. The van der Waals surface area contributed by atoms with E-state index < -0.39 is 6.09 Å². The molecule has 6 rings (SSSR count). The number of carbonyl (C=O) groups is 2. The van der Waals surface area contributed by atoms with E-state index in [-0.39, 0.29) is 18.6 Å². The van der Waals surface area contributed by atoms with E-state index in [0.717, 1.165) is 42.8 Å². The highest BCUT2D eigenvalue weighted by atomic mass is 16.6. The van der Waals surface area contributed by atoms with Crippen LogP contribution in [0.4, 0.5) is 21.9 Å². The van der Waals surface area contributed by atoms with Crippen molar-refractivity contribution in [2.45, 2.75) is 12.5 Å². The van der Waals surface area contributed by atoms with Crippen LogP contribution in [-0.4, -0.2) is 74.5 Å². The molecule has 0 saturated carbocycles. The van der Waals surface area contributed by atoms with Gasteiger partial charge in [-0.2, -0.15) is 0 Å². The Morgan fingerprint density at radius 1 is 1.16 bits per heavy atom. The van der Waals surface area contributed by atoms with Crippen molar-refractivity contribution < 1.29 is 23.8 Å². The van der Waals surface area contributed by atoms with Crippen molar-refractivity contribution in [1.82, 2.24) is 15.3 Å². The first-order valence-electron chi connectivity index (χ1n) is 12.4. The lowest BCUT2D eigenvalue weighted by atomic mass is 10.1. The highest BCUT2D eigenvalue weighted by Crippen LogP contribution is 2.34. The summed E-state index contributed by atoms with van der Waals surface area (Å²) in [5.74, 6) is 1.42. The van der Waals surface area contributed by atoms with Gasteiger partial charge < -0.3 is 29.7 Å². The summed E-state index contributed by atoms with van der Waals surface area (Å²) < 4.78 is 16.3. The zero-order chi connectivity index (χ0) is 25.4. The molecule has 0 spiro atoms. The van der Waals surface area contributed by atoms with E-state index in [1.807, 2.05) is 24.4 Å². The first-order chi connectivity index (χ1) is 18.1. The van der Waals surface area contributed by atoms with Gasteiger partial charge in [0.05, 0.1) is 30.5 Å². The van der Waals surface area contributed by atoms with Gasteiger partial charge in [0.15, 0.2) is 6.61 Å². The van der Waals surface area contributed by atoms with Crippen molar-refractivity contribution in [3.8, 4) is 11.6 Å². The van der Waals surface area contributed by atoms with Crippen molar-refractivity contribution in [1.29, 1.82) is 0 Å². The molecule has 2 saturated heterocycles. The normalized spacial score (nSPS) is 21.0. The Kier molecular flexibility index (Phi) is 6.13. The smallest absolute Gasteiger partial charge is 0.414 e. The van der Waals surface area contributed by atoms with Gasteiger partial charge in [0.1, 0.15) is 17.4 Å². The molecule has 5 heterocycles. The average molecular weight is 505 g/mol. The van der Waals surface area contributed by atoms with E-state index in [0.29, 0.717) is 42.0 Å². The summed E-state index contributed by atoms with van der Waals surface area (Å²) in [6, 6.07) is 11.1. The molecule has 37 heavy (non-hydrogen) atoms. The van der Waals surface area contributed by atoms with Gasteiger partial charge in [-0.25, -0.2) is 9.78 Å². The largest absolute Gasteiger partial charge is 0.482 e. The third kappa shape index (κ3) is 4.69. The number of methoxy groups -OCH3 is 1. The van der Waals surface area contributed by atoms with E-state index in [2.05, 4.69) is 25.5 Å². The molecule has 3 aromatic rings. The van der Waals surface area contributed by atoms with Gasteiger partial charge in [0.2, 0.25) is 5.88 Å². The monoisotopic (exact) mass is 504 g/mol. The zero-order valence-corrected chi connectivity index (χ0v) is 20.5. The molecule has 0 radical (unpaired) electrons. The molecule has 1 aromatic carbocycles. The second-order valence-electron chi connectivity index (χ2n) is 9.44. The zero-order valence-electron chi connectivity index (χ0n) is 20.5. The van der Waals surface area contributed by atoms with Crippen LogP contribution in [0, 0.1) is 5.92 Å². The predicted molar refractivity (Wildman–Crippen MR) is 137 cm³/mol. The first kappa shape index (κ1) is 23.3. The molecular weight excluding hydrogens is 476 g/mol. The molecule has 0 aliphatic carbocycles. The molecule has 3 aliphatic heterocycles. The van der Waals surface area contributed by atoms with Crippen molar-refractivity contribution in [2.24, 2.45) is 5.92 Å². The number of benzene rings is 1. The molecule has 2 aromatic heterocycles. The number of nitrogens with zero attached hydrogens (tertiary/aromatic N) is 4. The number of rotatable bonds is 7. The van der Waals surface area contributed by atoms with Crippen LogP contribution in [0.3, 0.4) is 0 Å². The molecule has 11 heteroatoms. The third-order valence-corrected chi connectivity index (χ3v) is 6.96. The van der Waals surface area contributed by atoms with Gasteiger partial charge in [-0.1, -0.05) is 0 Å². The molecule has 192 valence electrons. The quantitative estimate of drug-likeness (QED) is 0.500. The molecule has 2 N–H and O–H groups in total. The standard InChI is InChI=1S/C26H28N6O5/c1-35-24-5-3-19-25(30-24)21(6-8-28-19)31-9-7-16(13-31)11-27-12-18-14-32(26(34)37-18)17-2-4-22-20(10-17)29-23(33)15-36-22/h2-6,8,10,16,18,27H,7,9,11-15H2,1H3,(H,29,33)/t16-,18-/m1/s1. The number of anilines is 3. The number of ether oxygens (including phenoxy) is 3. The van der Waals surface area contributed by atoms with Gasteiger partial charge in [0.25, 0.3) is 5.91 Å². The lowest BCUT2D eigenvalue weighted by Crippen LogP contribution is -2.34. The number of nitrogens with one attached hydrogen (secondary N) is 2. The minimum absolute atomic E-state index is 0.00458. The van der Waals surface area contributed by atoms with E-state index in [4.69, 9.17) is 14.2 Å². The average Bonchev–Trinajstić information content (AvgIpc) is 3.54. The topological polar surface area (TPSA) is 118 Å². The second kappa shape index (κ2) is 9.74. The Morgan fingerprint density at radius 2 is 2.08 bits per heavy atom. The van der Waals surface area contributed by atoms with E-state index in [1.165, 1.54) is 0 Å².